The average Bonchev–Trinajstić information content (AvgIpc) is 3.04. The van der Waals surface area contributed by atoms with Crippen LogP contribution in [0.2, 0.25) is 0 Å². The van der Waals surface area contributed by atoms with Gasteiger partial charge in [-0.3, -0.25) is 4.68 Å². The first-order valence-electron chi connectivity index (χ1n) is 6.50. The lowest BCUT2D eigenvalue weighted by atomic mass is 10.2. The summed E-state index contributed by atoms with van der Waals surface area (Å²) in [5.74, 6) is -0.495. The van der Waals surface area contributed by atoms with E-state index in [1.807, 2.05) is 0 Å². The zero-order chi connectivity index (χ0) is 14.8. The second-order valence-electron chi connectivity index (χ2n) is 4.51. The molecule has 3 aromatic rings. The van der Waals surface area contributed by atoms with Crippen LogP contribution in [0.15, 0.2) is 35.0 Å². The average molecular weight is 287 g/mol. The number of benzene rings is 1. The minimum Gasteiger partial charge on any atom is -0.478 e. The van der Waals surface area contributed by atoms with Crippen molar-refractivity contribution in [1.82, 2.24) is 14.8 Å². The van der Waals surface area contributed by atoms with E-state index in [2.05, 4.69) is 17.0 Å². The minimum absolute atomic E-state index is 0.0589. The molecule has 0 atom stereocenters. The number of oxazole rings is 1. The van der Waals surface area contributed by atoms with E-state index in [9.17, 15) is 4.79 Å². The molecule has 2 heterocycles. The number of aryl methyl sites for hydroxylation is 1. The largest absolute Gasteiger partial charge is 0.478 e. The highest BCUT2D eigenvalue weighted by atomic mass is 16.6. The van der Waals surface area contributed by atoms with Crippen LogP contribution in [-0.4, -0.2) is 25.8 Å². The summed E-state index contributed by atoms with van der Waals surface area (Å²) in [6.07, 6.45) is 4.36. The predicted molar refractivity (Wildman–Crippen MR) is 73.6 cm³/mol. The van der Waals surface area contributed by atoms with Gasteiger partial charge in [-0.1, -0.05) is 6.92 Å². The molecule has 0 bridgehead atoms. The molecule has 7 nitrogen and oxygen atoms in total. The quantitative estimate of drug-likeness (QED) is 0.775. The lowest BCUT2D eigenvalue weighted by Crippen LogP contribution is -1.95. The van der Waals surface area contributed by atoms with Crippen molar-refractivity contribution in [2.75, 3.05) is 0 Å². The summed E-state index contributed by atoms with van der Waals surface area (Å²) in [6, 6.07) is 4.46. The Labute approximate surface area is 119 Å². The highest BCUT2D eigenvalue weighted by Crippen LogP contribution is 2.25. The summed E-state index contributed by atoms with van der Waals surface area (Å²) < 4.78 is 12.6. The molecule has 3 rings (SSSR count). The van der Waals surface area contributed by atoms with Crippen molar-refractivity contribution in [2.45, 2.75) is 19.9 Å². The molecule has 108 valence electrons. The van der Waals surface area contributed by atoms with Crippen LogP contribution >= 0.6 is 0 Å². The van der Waals surface area contributed by atoms with E-state index in [-0.39, 0.29) is 11.6 Å². The first-order valence-corrected chi connectivity index (χ1v) is 6.50. The third-order valence-electron chi connectivity index (χ3n) is 2.88. The van der Waals surface area contributed by atoms with Gasteiger partial charge in [-0.25, -0.2) is 4.79 Å². The summed E-state index contributed by atoms with van der Waals surface area (Å²) in [5, 5.41) is 13.1. The Morgan fingerprint density at radius 3 is 3.10 bits per heavy atom. The number of carboxylic acid groups (broad SMARTS) is 1. The van der Waals surface area contributed by atoms with Gasteiger partial charge < -0.3 is 14.3 Å². The number of aromatic nitrogens is 3. The summed E-state index contributed by atoms with van der Waals surface area (Å²) in [7, 11) is 0. The van der Waals surface area contributed by atoms with Gasteiger partial charge in [0.1, 0.15) is 5.52 Å². The van der Waals surface area contributed by atoms with Gasteiger partial charge in [0.25, 0.3) is 0 Å². The Morgan fingerprint density at radius 1 is 1.48 bits per heavy atom. The normalized spacial score (nSPS) is 10.9. The molecule has 0 spiro atoms. The molecular weight excluding hydrogens is 274 g/mol. The van der Waals surface area contributed by atoms with E-state index in [4.69, 9.17) is 14.3 Å². The van der Waals surface area contributed by atoms with Crippen molar-refractivity contribution in [3.63, 3.8) is 0 Å². The van der Waals surface area contributed by atoms with Gasteiger partial charge in [0.05, 0.1) is 18.0 Å². The number of nitrogens with zero attached hydrogens (tertiary/aromatic N) is 3. The van der Waals surface area contributed by atoms with Crippen molar-refractivity contribution in [3.8, 4) is 11.8 Å². The molecule has 1 N–H and O–H groups in total. The van der Waals surface area contributed by atoms with Crippen molar-refractivity contribution >= 4 is 17.1 Å². The van der Waals surface area contributed by atoms with Crippen molar-refractivity contribution < 1.29 is 19.1 Å². The fourth-order valence-electron chi connectivity index (χ4n) is 1.93. The number of carboxylic acids is 1. The highest BCUT2D eigenvalue weighted by Gasteiger charge is 2.12. The molecule has 0 saturated heterocycles. The van der Waals surface area contributed by atoms with Crippen LogP contribution in [0.25, 0.3) is 11.1 Å². The SMILES string of the molecule is CCCn1cc(Oc2nc3ccc(C(=O)O)cc3o2)cn1. The van der Waals surface area contributed by atoms with Gasteiger partial charge in [0.2, 0.25) is 0 Å². The topological polar surface area (TPSA) is 90.4 Å². The molecule has 2 aromatic heterocycles. The lowest BCUT2D eigenvalue weighted by molar-refractivity contribution is 0.0697. The molecule has 0 unspecified atom stereocenters. The van der Waals surface area contributed by atoms with E-state index >= 15 is 0 Å². The van der Waals surface area contributed by atoms with E-state index in [0.717, 1.165) is 13.0 Å². The molecule has 7 heteroatoms. The smallest absolute Gasteiger partial charge is 0.400 e. The minimum atomic E-state index is -1.02. The molecule has 1 aromatic carbocycles. The fraction of sp³-hybridized carbons (Fsp3) is 0.214. The van der Waals surface area contributed by atoms with Crippen LogP contribution in [-0.2, 0) is 6.54 Å². The maximum absolute atomic E-state index is 10.9. The maximum Gasteiger partial charge on any atom is 0.400 e. The molecule has 0 aliphatic carbocycles. The van der Waals surface area contributed by atoms with Gasteiger partial charge in [-0.15, -0.1) is 0 Å². The van der Waals surface area contributed by atoms with Crippen molar-refractivity contribution in [2.24, 2.45) is 0 Å². The Kier molecular flexibility index (Phi) is 3.31. The molecule has 0 aliphatic rings. The summed E-state index contributed by atoms with van der Waals surface area (Å²) in [4.78, 5) is 15.0. The monoisotopic (exact) mass is 287 g/mol. The Balaban J connectivity index is 1.84. The maximum atomic E-state index is 10.9. The van der Waals surface area contributed by atoms with E-state index in [1.165, 1.54) is 12.1 Å². The molecule has 0 radical (unpaired) electrons. The van der Waals surface area contributed by atoms with Crippen LogP contribution in [0.1, 0.15) is 23.7 Å². The number of fused-ring (bicyclic) bond motifs is 1. The van der Waals surface area contributed by atoms with Crippen LogP contribution in [0, 0.1) is 0 Å². The summed E-state index contributed by atoms with van der Waals surface area (Å²) >= 11 is 0. The molecule has 21 heavy (non-hydrogen) atoms. The predicted octanol–water partition coefficient (Wildman–Crippen LogP) is 2.92. The second-order valence-corrected chi connectivity index (χ2v) is 4.51. The first-order chi connectivity index (χ1) is 10.2. The molecular formula is C14H13N3O4. The standard InChI is InChI=1S/C14H13N3O4/c1-2-5-17-8-10(7-15-17)20-14-16-11-4-3-9(13(18)19)6-12(11)21-14/h3-4,6-8H,2,5H2,1H3,(H,18,19). The Morgan fingerprint density at radius 2 is 2.33 bits per heavy atom. The summed E-state index contributed by atoms with van der Waals surface area (Å²) in [6.45, 7) is 2.86. The molecule has 0 aliphatic heterocycles. The van der Waals surface area contributed by atoms with E-state index in [1.54, 1.807) is 23.1 Å². The molecule has 0 fully saturated rings. The van der Waals surface area contributed by atoms with Gasteiger partial charge in [0, 0.05) is 6.54 Å². The van der Waals surface area contributed by atoms with Crippen LogP contribution < -0.4 is 4.74 Å². The lowest BCUT2D eigenvalue weighted by Gasteiger charge is -1.95. The molecule has 0 amide bonds. The Hall–Kier alpha value is -2.83. The number of aromatic carboxylic acids is 1. The van der Waals surface area contributed by atoms with Gasteiger partial charge in [-0.05, 0) is 24.6 Å². The van der Waals surface area contributed by atoms with Crippen LogP contribution in [0.3, 0.4) is 0 Å². The third-order valence-corrected chi connectivity index (χ3v) is 2.88. The number of ether oxygens (including phenoxy) is 1. The highest BCUT2D eigenvalue weighted by molar-refractivity contribution is 5.91. The first kappa shape index (κ1) is 13.2. The van der Waals surface area contributed by atoms with Crippen LogP contribution in [0.4, 0.5) is 0 Å². The zero-order valence-electron chi connectivity index (χ0n) is 11.3. The Bertz CT molecular complexity index is 790. The number of hydrogen-bond acceptors (Lipinski definition) is 5. The van der Waals surface area contributed by atoms with Gasteiger partial charge in [-0.2, -0.15) is 10.1 Å². The van der Waals surface area contributed by atoms with Gasteiger partial charge in [0.15, 0.2) is 11.3 Å². The van der Waals surface area contributed by atoms with E-state index < -0.39 is 5.97 Å². The zero-order valence-corrected chi connectivity index (χ0v) is 11.3. The van der Waals surface area contributed by atoms with E-state index in [0.29, 0.717) is 16.8 Å². The van der Waals surface area contributed by atoms with Gasteiger partial charge >= 0.3 is 12.0 Å². The van der Waals surface area contributed by atoms with Crippen molar-refractivity contribution in [1.29, 1.82) is 0 Å². The number of hydrogen-bond donors (Lipinski definition) is 1. The molecule has 0 saturated carbocycles. The summed E-state index contributed by atoms with van der Waals surface area (Å²) in [5.41, 5.74) is 1.04. The second kappa shape index (κ2) is 5.28. The van der Waals surface area contributed by atoms with Crippen molar-refractivity contribution in [3.05, 3.63) is 36.2 Å². The number of rotatable bonds is 5. The fourth-order valence-corrected chi connectivity index (χ4v) is 1.93. The number of carbonyl (C=O) groups is 1. The third kappa shape index (κ3) is 2.71. The van der Waals surface area contributed by atoms with Crippen LogP contribution in [0.5, 0.6) is 11.8 Å².